The van der Waals surface area contributed by atoms with Gasteiger partial charge in [-0.25, -0.2) is 4.79 Å². The fourth-order valence-corrected chi connectivity index (χ4v) is 2.18. The minimum absolute atomic E-state index is 0.261. The molecule has 0 unspecified atom stereocenters. The van der Waals surface area contributed by atoms with Crippen molar-refractivity contribution in [3.05, 3.63) is 54.1 Å². The molecule has 0 amide bonds. The summed E-state index contributed by atoms with van der Waals surface area (Å²) >= 11 is 0. The van der Waals surface area contributed by atoms with Crippen LogP contribution < -0.4 is 0 Å². The number of carbonyl (C=O) groups excluding carboxylic acids is 1. The largest absolute Gasteiger partial charge is 0.462 e. The zero-order valence-corrected chi connectivity index (χ0v) is 13.1. The van der Waals surface area contributed by atoms with E-state index in [2.05, 4.69) is 20.1 Å². The molecule has 1 aromatic rings. The van der Waals surface area contributed by atoms with Gasteiger partial charge in [-0.1, -0.05) is 69.7 Å². The van der Waals surface area contributed by atoms with Gasteiger partial charge in [0.25, 0.3) is 0 Å². The molecule has 2 heteroatoms. The SMILES string of the molecule is C=Cc1ccccc1CCOC(=O)C(=C)CCCCCC. The van der Waals surface area contributed by atoms with Gasteiger partial charge in [-0.15, -0.1) is 0 Å². The monoisotopic (exact) mass is 286 g/mol. The van der Waals surface area contributed by atoms with Crippen LogP contribution in [-0.4, -0.2) is 12.6 Å². The Morgan fingerprint density at radius 2 is 2.00 bits per heavy atom. The molecule has 0 aliphatic carbocycles. The molecule has 0 heterocycles. The maximum atomic E-state index is 11.8. The first kappa shape index (κ1) is 17.2. The normalized spacial score (nSPS) is 10.1. The summed E-state index contributed by atoms with van der Waals surface area (Å²) in [6.45, 7) is 10.2. The Bertz CT molecular complexity index is 474. The molecule has 0 N–H and O–H groups in total. The molecule has 0 aliphatic heterocycles. The lowest BCUT2D eigenvalue weighted by Gasteiger charge is -2.09. The summed E-state index contributed by atoms with van der Waals surface area (Å²) in [5.41, 5.74) is 2.82. The van der Waals surface area contributed by atoms with Crippen molar-refractivity contribution in [1.82, 2.24) is 0 Å². The molecule has 1 aromatic carbocycles. The number of hydrogen-bond acceptors (Lipinski definition) is 2. The van der Waals surface area contributed by atoms with Crippen molar-refractivity contribution in [3.63, 3.8) is 0 Å². The average molecular weight is 286 g/mol. The molecule has 2 nitrogen and oxygen atoms in total. The molecule has 0 bridgehead atoms. The number of esters is 1. The molecular weight excluding hydrogens is 260 g/mol. The van der Waals surface area contributed by atoms with Gasteiger partial charge in [-0.2, -0.15) is 0 Å². The molecule has 0 fully saturated rings. The lowest BCUT2D eigenvalue weighted by molar-refractivity contribution is -0.139. The summed E-state index contributed by atoms with van der Waals surface area (Å²) in [6.07, 6.45) is 7.83. The van der Waals surface area contributed by atoms with Crippen LogP contribution in [0.5, 0.6) is 0 Å². The van der Waals surface area contributed by atoms with Crippen LogP contribution >= 0.6 is 0 Å². The van der Waals surface area contributed by atoms with Gasteiger partial charge in [-0.3, -0.25) is 0 Å². The van der Waals surface area contributed by atoms with Crippen molar-refractivity contribution in [1.29, 1.82) is 0 Å². The number of unbranched alkanes of at least 4 members (excludes halogenated alkanes) is 3. The second kappa shape index (κ2) is 9.98. The van der Waals surface area contributed by atoms with Crippen LogP contribution in [0.3, 0.4) is 0 Å². The Morgan fingerprint density at radius 1 is 1.24 bits per heavy atom. The third-order valence-electron chi connectivity index (χ3n) is 3.50. The zero-order chi connectivity index (χ0) is 15.5. The van der Waals surface area contributed by atoms with Crippen molar-refractivity contribution in [2.45, 2.75) is 45.4 Å². The second-order valence-electron chi connectivity index (χ2n) is 5.20. The van der Waals surface area contributed by atoms with Crippen LogP contribution in [0.1, 0.15) is 50.2 Å². The first-order valence-corrected chi connectivity index (χ1v) is 7.74. The van der Waals surface area contributed by atoms with E-state index in [1.807, 2.05) is 30.3 Å². The Hall–Kier alpha value is -1.83. The molecule has 0 saturated carbocycles. The van der Waals surface area contributed by atoms with Crippen molar-refractivity contribution in [3.8, 4) is 0 Å². The van der Waals surface area contributed by atoms with Crippen LogP contribution in [0.2, 0.25) is 0 Å². The zero-order valence-electron chi connectivity index (χ0n) is 13.1. The fourth-order valence-electron chi connectivity index (χ4n) is 2.18. The summed E-state index contributed by atoms with van der Waals surface area (Å²) in [7, 11) is 0. The molecule has 1 rings (SSSR count). The van der Waals surface area contributed by atoms with Gasteiger partial charge in [0.1, 0.15) is 0 Å². The van der Waals surface area contributed by atoms with Crippen LogP contribution in [0.15, 0.2) is 43.0 Å². The predicted molar refractivity (Wildman–Crippen MR) is 89.1 cm³/mol. The number of hydrogen-bond donors (Lipinski definition) is 0. The van der Waals surface area contributed by atoms with Crippen LogP contribution in [0, 0.1) is 0 Å². The number of rotatable bonds is 10. The summed E-state index contributed by atoms with van der Waals surface area (Å²) in [5.74, 6) is -0.261. The third-order valence-corrected chi connectivity index (χ3v) is 3.50. The van der Waals surface area contributed by atoms with Gasteiger partial charge in [0.15, 0.2) is 0 Å². The maximum absolute atomic E-state index is 11.8. The first-order chi connectivity index (χ1) is 10.2. The summed E-state index contributed by atoms with van der Waals surface area (Å²) in [4.78, 5) is 11.8. The van der Waals surface area contributed by atoms with Gasteiger partial charge in [0, 0.05) is 12.0 Å². The molecule has 0 spiro atoms. The summed E-state index contributed by atoms with van der Waals surface area (Å²) in [5, 5.41) is 0. The van der Waals surface area contributed by atoms with E-state index in [0.717, 1.165) is 30.4 Å². The molecule has 0 aliphatic rings. The summed E-state index contributed by atoms with van der Waals surface area (Å²) < 4.78 is 5.29. The third kappa shape index (κ3) is 6.44. The van der Waals surface area contributed by atoms with Crippen molar-refractivity contribution >= 4 is 12.0 Å². The fraction of sp³-hybridized carbons (Fsp3) is 0.421. The molecule has 0 atom stereocenters. The van der Waals surface area contributed by atoms with Gasteiger partial charge >= 0.3 is 5.97 Å². The Labute approximate surface area is 128 Å². The topological polar surface area (TPSA) is 26.3 Å². The molecule has 114 valence electrons. The van der Waals surface area contributed by atoms with Gasteiger partial charge in [0.05, 0.1) is 6.61 Å². The van der Waals surface area contributed by atoms with Crippen LogP contribution in [0.25, 0.3) is 6.08 Å². The van der Waals surface area contributed by atoms with Crippen LogP contribution in [0.4, 0.5) is 0 Å². The van der Waals surface area contributed by atoms with E-state index in [0.29, 0.717) is 18.6 Å². The molecule has 0 saturated heterocycles. The van der Waals surface area contributed by atoms with Gasteiger partial charge in [0.2, 0.25) is 0 Å². The van der Waals surface area contributed by atoms with Gasteiger partial charge in [-0.05, 0) is 24.0 Å². The molecule has 0 radical (unpaired) electrons. The molecular formula is C19H26O2. The Balaban J connectivity index is 2.29. The lowest BCUT2D eigenvalue weighted by Crippen LogP contribution is -2.10. The van der Waals surface area contributed by atoms with Gasteiger partial charge < -0.3 is 4.74 Å². The highest BCUT2D eigenvalue weighted by Crippen LogP contribution is 2.12. The van der Waals surface area contributed by atoms with E-state index in [1.165, 1.54) is 12.8 Å². The molecule has 0 aromatic heterocycles. The second-order valence-corrected chi connectivity index (χ2v) is 5.20. The highest BCUT2D eigenvalue weighted by Gasteiger charge is 2.08. The number of carbonyl (C=O) groups is 1. The van der Waals surface area contributed by atoms with Crippen molar-refractivity contribution in [2.24, 2.45) is 0 Å². The van der Waals surface area contributed by atoms with Crippen molar-refractivity contribution < 1.29 is 9.53 Å². The van der Waals surface area contributed by atoms with Crippen LogP contribution in [-0.2, 0) is 16.0 Å². The van der Waals surface area contributed by atoms with E-state index in [-0.39, 0.29) is 5.97 Å². The minimum Gasteiger partial charge on any atom is -0.462 e. The lowest BCUT2D eigenvalue weighted by atomic mass is 10.1. The Morgan fingerprint density at radius 3 is 2.71 bits per heavy atom. The number of ether oxygens (including phenoxy) is 1. The summed E-state index contributed by atoms with van der Waals surface area (Å²) in [6, 6.07) is 8.00. The van der Waals surface area contributed by atoms with Crippen molar-refractivity contribution in [2.75, 3.05) is 6.61 Å². The van der Waals surface area contributed by atoms with E-state index in [9.17, 15) is 4.79 Å². The first-order valence-electron chi connectivity index (χ1n) is 7.74. The number of benzene rings is 1. The highest BCUT2D eigenvalue weighted by molar-refractivity contribution is 5.87. The van der Waals surface area contributed by atoms with E-state index >= 15 is 0 Å². The highest BCUT2D eigenvalue weighted by atomic mass is 16.5. The maximum Gasteiger partial charge on any atom is 0.333 e. The average Bonchev–Trinajstić information content (AvgIpc) is 2.51. The van der Waals surface area contributed by atoms with E-state index in [4.69, 9.17) is 4.74 Å². The minimum atomic E-state index is -0.261. The predicted octanol–water partition coefficient (Wildman–Crippen LogP) is 4.94. The smallest absolute Gasteiger partial charge is 0.333 e. The standard InChI is InChI=1S/C19H26O2/c1-4-6-7-8-11-16(3)19(20)21-15-14-18-13-10-9-12-17(18)5-2/h5,9-10,12-13H,2-4,6-8,11,14-15H2,1H3. The quantitative estimate of drug-likeness (QED) is 0.346. The molecule has 21 heavy (non-hydrogen) atoms. The van der Waals surface area contributed by atoms with E-state index < -0.39 is 0 Å². The Kier molecular flexibility index (Phi) is 8.18. The van der Waals surface area contributed by atoms with E-state index in [1.54, 1.807) is 0 Å².